The molecule has 0 radical (unpaired) electrons. The second-order valence-corrected chi connectivity index (χ2v) is 8.97. The average Bonchev–Trinajstić information content (AvgIpc) is 3.20. The van der Waals surface area contributed by atoms with Gasteiger partial charge in [0.25, 0.3) is 0 Å². The molecule has 0 fully saturated rings. The van der Waals surface area contributed by atoms with Gasteiger partial charge >= 0.3 is 5.97 Å². The molecule has 1 N–H and O–H groups in total. The summed E-state index contributed by atoms with van der Waals surface area (Å²) < 4.78 is 21.9. The molecule has 1 unspecified atom stereocenters. The third-order valence-corrected chi connectivity index (χ3v) is 6.55. The van der Waals surface area contributed by atoms with E-state index in [0.29, 0.717) is 45.3 Å². The summed E-state index contributed by atoms with van der Waals surface area (Å²) in [6.45, 7) is 4.09. The average molecular weight is 487 g/mol. The van der Waals surface area contributed by atoms with Gasteiger partial charge < -0.3 is 10.1 Å². The Morgan fingerprint density at radius 3 is 2.76 bits per heavy atom. The zero-order valence-electron chi connectivity index (χ0n) is 18.3. The topological polar surface area (TPSA) is 69.0 Å². The van der Waals surface area contributed by atoms with E-state index in [4.69, 9.17) is 16.3 Å². The molecule has 0 spiro atoms. The summed E-state index contributed by atoms with van der Waals surface area (Å²) in [4.78, 5) is 17.6. The van der Waals surface area contributed by atoms with Gasteiger partial charge in [0.15, 0.2) is 0 Å². The summed E-state index contributed by atoms with van der Waals surface area (Å²) in [5, 5.41) is 8.91. The number of rotatable bonds is 8. The predicted octanol–water partition coefficient (Wildman–Crippen LogP) is 6.00. The molecule has 0 amide bonds. The van der Waals surface area contributed by atoms with Crippen LogP contribution in [0, 0.1) is 5.82 Å². The van der Waals surface area contributed by atoms with Crippen LogP contribution in [0.25, 0.3) is 0 Å². The molecule has 33 heavy (non-hydrogen) atoms. The minimum atomic E-state index is -0.793. The van der Waals surface area contributed by atoms with Crippen LogP contribution in [0.3, 0.4) is 0 Å². The highest BCUT2D eigenvalue weighted by Crippen LogP contribution is 2.38. The van der Waals surface area contributed by atoms with E-state index in [9.17, 15) is 9.18 Å². The van der Waals surface area contributed by atoms with Gasteiger partial charge in [0.1, 0.15) is 11.9 Å². The van der Waals surface area contributed by atoms with Crippen molar-refractivity contribution in [3.05, 3.63) is 81.8 Å². The molecule has 1 aliphatic heterocycles. The van der Waals surface area contributed by atoms with Gasteiger partial charge in [-0.25, -0.2) is 13.9 Å². The number of nitrogens with one attached hydrogen (secondary N) is 1. The van der Waals surface area contributed by atoms with Crippen molar-refractivity contribution in [1.29, 1.82) is 0 Å². The van der Waals surface area contributed by atoms with Crippen molar-refractivity contribution >= 4 is 35.3 Å². The van der Waals surface area contributed by atoms with Gasteiger partial charge in [0.2, 0.25) is 11.1 Å². The molecule has 1 aliphatic rings. The first-order chi connectivity index (χ1) is 16.0. The first-order valence-electron chi connectivity index (χ1n) is 10.7. The molecule has 0 aliphatic carbocycles. The Morgan fingerprint density at radius 2 is 2.00 bits per heavy atom. The first-order valence-corrected chi connectivity index (χ1v) is 12.1. The Labute approximate surface area is 201 Å². The quantitative estimate of drug-likeness (QED) is 0.239. The van der Waals surface area contributed by atoms with Gasteiger partial charge in [-0.1, -0.05) is 73.1 Å². The molecule has 2 heterocycles. The number of esters is 1. The number of fused-ring (bicyclic) bond motifs is 1. The minimum absolute atomic E-state index is 0.305. The fourth-order valence-electron chi connectivity index (χ4n) is 3.59. The number of hydrogen-bond acceptors (Lipinski definition) is 6. The largest absolute Gasteiger partial charge is 0.462 e. The van der Waals surface area contributed by atoms with Crippen LogP contribution in [0.4, 0.5) is 10.3 Å². The van der Waals surface area contributed by atoms with E-state index in [0.717, 1.165) is 18.4 Å². The maximum Gasteiger partial charge on any atom is 0.338 e. The number of carbonyl (C=O) groups is 1. The maximum absolute atomic E-state index is 14.9. The van der Waals surface area contributed by atoms with Crippen molar-refractivity contribution in [2.45, 2.75) is 43.6 Å². The smallest absolute Gasteiger partial charge is 0.338 e. The molecule has 1 aromatic heterocycles. The second kappa shape index (κ2) is 10.4. The second-order valence-electron chi connectivity index (χ2n) is 7.62. The normalized spacial score (nSPS) is 15.2. The summed E-state index contributed by atoms with van der Waals surface area (Å²) in [7, 11) is 0. The molecule has 1 atom stereocenters. The van der Waals surface area contributed by atoms with Crippen LogP contribution < -0.4 is 5.32 Å². The van der Waals surface area contributed by atoms with E-state index < -0.39 is 17.8 Å². The number of aromatic nitrogens is 3. The maximum atomic E-state index is 14.9. The lowest BCUT2D eigenvalue weighted by Crippen LogP contribution is -2.30. The van der Waals surface area contributed by atoms with Gasteiger partial charge in [0, 0.05) is 22.0 Å². The van der Waals surface area contributed by atoms with Crippen LogP contribution in [0.2, 0.25) is 5.02 Å². The highest BCUT2D eigenvalue weighted by atomic mass is 35.5. The van der Waals surface area contributed by atoms with Gasteiger partial charge in [-0.2, -0.15) is 4.98 Å². The van der Waals surface area contributed by atoms with Gasteiger partial charge in [-0.3, -0.25) is 0 Å². The molecule has 2 aromatic carbocycles. The highest BCUT2D eigenvalue weighted by Gasteiger charge is 2.36. The van der Waals surface area contributed by atoms with Crippen molar-refractivity contribution in [1.82, 2.24) is 14.8 Å². The van der Waals surface area contributed by atoms with E-state index in [1.165, 1.54) is 17.8 Å². The Bertz CT molecular complexity index is 1200. The fraction of sp³-hybridized carbons (Fsp3) is 0.292. The molecule has 9 heteroatoms. The molecular formula is C24H24ClFN4O2S. The first kappa shape index (κ1) is 23.3. The van der Waals surface area contributed by atoms with Crippen molar-refractivity contribution in [3.8, 4) is 0 Å². The van der Waals surface area contributed by atoms with Crippen LogP contribution in [-0.4, -0.2) is 27.3 Å². The van der Waals surface area contributed by atoms with Crippen molar-refractivity contribution < 1.29 is 13.9 Å². The molecule has 3 aromatic rings. The zero-order valence-corrected chi connectivity index (χ0v) is 19.9. The van der Waals surface area contributed by atoms with E-state index >= 15 is 0 Å². The predicted molar refractivity (Wildman–Crippen MR) is 128 cm³/mol. The van der Waals surface area contributed by atoms with Crippen LogP contribution in [0.5, 0.6) is 0 Å². The molecule has 4 rings (SSSR count). The van der Waals surface area contributed by atoms with E-state index in [1.807, 2.05) is 31.2 Å². The summed E-state index contributed by atoms with van der Waals surface area (Å²) in [6, 6.07) is 13.2. The monoisotopic (exact) mass is 486 g/mol. The Morgan fingerprint density at radius 1 is 1.24 bits per heavy atom. The number of halogens is 2. The van der Waals surface area contributed by atoms with Crippen molar-refractivity contribution in [2.24, 2.45) is 0 Å². The Balaban J connectivity index is 1.68. The summed E-state index contributed by atoms with van der Waals surface area (Å²) >= 11 is 7.68. The standard InChI is InChI=1S/C24H24ClFN4O2S/c1-3-4-13-32-22(31)20-15(2)27-23-28-24(33-14-16-9-5-7-11-18(16)25)29-30(23)21(20)17-10-6-8-12-19(17)26/h5-12,21H,3-4,13-14H2,1-2H3,(H,27,28,29). The van der Waals surface area contributed by atoms with Crippen LogP contribution >= 0.6 is 23.4 Å². The Hall–Kier alpha value is -2.84. The third kappa shape index (κ3) is 5.07. The van der Waals surface area contributed by atoms with Gasteiger partial charge in [0.05, 0.1) is 12.2 Å². The van der Waals surface area contributed by atoms with E-state index in [1.54, 1.807) is 29.8 Å². The molecule has 0 saturated heterocycles. The number of anilines is 1. The molecule has 172 valence electrons. The minimum Gasteiger partial charge on any atom is -0.462 e. The lowest BCUT2D eigenvalue weighted by molar-refractivity contribution is -0.139. The number of unbranched alkanes of at least 4 members (excludes halogenated alkanes) is 1. The number of nitrogens with zero attached hydrogens (tertiary/aromatic N) is 3. The van der Waals surface area contributed by atoms with E-state index in [-0.39, 0.29) is 0 Å². The van der Waals surface area contributed by atoms with Crippen LogP contribution in [0.1, 0.15) is 43.9 Å². The molecular weight excluding hydrogens is 463 g/mol. The molecule has 6 nitrogen and oxygen atoms in total. The highest BCUT2D eigenvalue weighted by molar-refractivity contribution is 7.98. The summed E-state index contributed by atoms with van der Waals surface area (Å²) in [5.74, 6) is 0.0923. The zero-order chi connectivity index (χ0) is 23.4. The van der Waals surface area contributed by atoms with Gasteiger partial charge in [-0.15, -0.1) is 5.10 Å². The number of hydrogen-bond donors (Lipinski definition) is 1. The number of carbonyl (C=O) groups excluding carboxylic acids is 1. The number of ether oxygens (including phenoxy) is 1. The third-order valence-electron chi connectivity index (χ3n) is 5.30. The molecule has 0 saturated carbocycles. The molecule has 0 bridgehead atoms. The number of thioether (sulfide) groups is 1. The number of allylic oxidation sites excluding steroid dienone is 1. The number of benzene rings is 2. The Kier molecular flexibility index (Phi) is 7.35. The van der Waals surface area contributed by atoms with Crippen LogP contribution in [-0.2, 0) is 15.3 Å². The van der Waals surface area contributed by atoms with Gasteiger partial charge in [-0.05, 0) is 31.0 Å². The summed E-state index contributed by atoms with van der Waals surface area (Å²) in [6.07, 6.45) is 1.66. The fourth-order valence-corrected chi connectivity index (χ4v) is 4.70. The van der Waals surface area contributed by atoms with Crippen molar-refractivity contribution in [2.75, 3.05) is 11.9 Å². The van der Waals surface area contributed by atoms with Crippen LogP contribution in [0.15, 0.2) is 65.0 Å². The summed E-state index contributed by atoms with van der Waals surface area (Å²) in [5.41, 5.74) is 2.17. The SMILES string of the molecule is CCCCOC(=O)C1=C(C)Nc2nc(SCc3ccccc3Cl)nn2C1c1ccccc1F. The van der Waals surface area contributed by atoms with Crippen molar-refractivity contribution in [3.63, 3.8) is 0 Å². The lowest BCUT2D eigenvalue weighted by atomic mass is 9.95. The lowest BCUT2D eigenvalue weighted by Gasteiger charge is -2.28. The van der Waals surface area contributed by atoms with E-state index in [2.05, 4.69) is 15.4 Å².